The molecule has 2 fully saturated rings. The number of ether oxygens (including phenoxy) is 3. The molecule has 0 saturated carbocycles. The van der Waals surface area contributed by atoms with Gasteiger partial charge in [0.25, 0.3) is 11.5 Å². The van der Waals surface area contributed by atoms with Crippen LogP contribution in [-0.4, -0.2) is 130 Å². The maximum atomic E-state index is 13.4. The van der Waals surface area contributed by atoms with E-state index in [1.165, 1.54) is 25.1 Å². The second kappa shape index (κ2) is 24.6. The summed E-state index contributed by atoms with van der Waals surface area (Å²) in [6, 6.07) is 13.5. The number of aromatic nitrogens is 4. The van der Waals surface area contributed by atoms with Gasteiger partial charge in [-0.15, -0.1) is 0 Å². The van der Waals surface area contributed by atoms with Gasteiger partial charge in [-0.2, -0.15) is 23.0 Å². The summed E-state index contributed by atoms with van der Waals surface area (Å²) in [6.45, 7) is 1.96. The van der Waals surface area contributed by atoms with Gasteiger partial charge in [0.05, 0.1) is 41.8 Å². The van der Waals surface area contributed by atoms with Crippen molar-refractivity contribution in [3.63, 3.8) is 0 Å². The molecule has 4 atom stereocenters. The van der Waals surface area contributed by atoms with Crippen molar-refractivity contribution in [2.75, 3.05) is 43.6 Å². The van der Waals surface area contributed by atoms with E-state index in [2.05, 4.69) is 30.6 Å². The van der Waals surface area contributed by atoms with Gasteiger partial charge in [0.15, 0.2) is 16.9 Å². The monoisotopic (exact) mass is 1060 g/mol. The van der Waals surface area contributed by atoms with E-state index in [-0.39, 0.29) is 89.8 Å². The molecule has 2 aromatic heterocycles. The Morgan fingerprint density at radius 1 is 0.959 bits per heavy atom. The average Bonchev–Trinajstić information content (AvgIpc) is 3.89. The minimum atomic E-state index is -1.39. The molecule has 0 unspecified atom stereocenters. The molecule has 2 aromatic carbocycles. The molecular formula is C45H47N11O14S3. The molecule has 28 heteroatoms. The summed E-state index contributed by atoms with van der Waals surface area (Å²) >= 11 is -0.750. The van der Waals surface area contributed by atoms with E-state index in [1.807, 2.05) is 24.3 Å². The minimum Gasteiger partial charge on any atom is -0.449 e. The summed E-state index contributed by atoms with van der Waals surface area (Å²) < 4.78 is 33.5. The lowest BCUT2D eigenvalue weighted by molar-refractivity contribution is -0.191. The number of nitrogens with zero attached hydrogens (tertiary/aromatic N) is 5. The number of benzene rings is 2. The molecule has 1 aliphatic carbocycles. The number of ketones is 3. The number of Topliss-reactive ketones (excluding diaryl/α,β-unsaturated/α-hetero) is 3. The highest BCUT2D eigenvalue weighted by Crippen LogP contribution is 2.60. The third kappa shape index (κ3) is 12.3. The van der Waals surface area contributed by atoms with Gasteiger partial charge < -0.3 is 46.9 Å². The molecule has 0 radical (unpaired) electrons. The number of nitrogens with one attached hydrogen (secondary N) is 3. The Morgan fingerprint density at radius 2 is 1.64 bits per heavy atom. The number of rotatable bonds is 19. The van der Waals surface area contributed by atoms with Crippen LogP contribution in [0.2, 0.25) is 0 Å². The Labute approximate surface area is 425 Å². The van der Waals surface area contributed by atoms with E-state index in [9.17, 15) is 33.6 Å². The molecule has 4 aliphatic rings. The van der Waals surface area contributed by atoms with Gasteiger partial charge in [-0.25, -0.2) is 19.6 Å². The molecule has 4 aromatic rings. The number of carbonyl (C=O) groups is 6. The van der Waals surface area contributed by atoms with Gasteiger partial charge in [-0.05, 0) is 61.7 Å². The van der Waals surface area contributed by atoms with E-state index < -0.39 is 58.6 Å². The van der Waals surface area contributed by atoms with E-state index in [1.54, 1.807) is 50.8 Å². The molecule has 9 N–H and O–H groups in total. The number of methoxy groups -OCH3 is 1. The van der Waals surface area contributed by atoms with E-state index in [0.717, 1.165) is 21.9 Å². The first-order valence-corrected chi connectivity index (χ1v) is 25.0. The highest BCUT2D eigenvalue weighted by molar-refractivity contribution is 8.76. The lowest BCUT2D eigenvalue weighted by Crippen LogP contribution is -2.56. The zero-order chi connectivity index (χ0) is 53.0. The van der Waals surface area contributed by atoms with Gasteiger partial charge in [-0.1, -0.05) is 33.7 Å². The summed E-state index contributed by atoms with van der Waals surface area (Å²) in [6.07, 6.45) is 2.14. The summed E-state index contributed by atoms with van der Waals surface area (Å²) in [5.41, 5.74) is 17.9. The number of H-pyrrole nitrogens is 1. The third-order valence-electron chi connectivity index (χ3n) is 12.0. The van der Waals surface area contributed by atoms with Crippen LogP contribution in [0.5, 0.6) is 0 Å². The number of aromatic amines is 1. The van der Waals surface area contributed by atoms with Crippen LogP contribution < -0.4 is 33.4 Å². The molecule has 5 heterocycles. The first-order chi connectivity index (χ1) is 35.0. The van der Waals surface area contributed by atoms with Gasteiger partial charge in [0.2, 0.25) is 17.5 Å². The molecule has 384 valence electrons. The fourth-order valence-electron chi connectivity index (χ4n) is 8.73. The predicted octanol–water partition coefficient (Wildman–Crippen LogP) is 1.66. The van der Waals surface area contributed by atoms with Crippen LogP contribution in [0.1, 0.15) is 54.2 Å². The number of piperazine rings is 1. The third-order valence-corrected chi connectivity index (χ3v) is 14.5. The standard InChI is InChI=1S/C44H47N11O10S2.CO2.O2S/c1-22-32(45)36(58)31-29(21-64-42(47)61)44(63-2)37-30(19-54(44)34(31)35(22)57)55(37)43(62)65-20-23-7-13-28(14-8-23)67-66-16-4-6-27(56)5-3-15-48-39(59)24-9-11-25(12-10-24)49-17-26-18-50-38-33(51-26)40(60)53-41(46)52-38;2-1-3;1-3-2/h7-14,18,29-30,37,49H,3-6,15-17,19-21,45H2,1-2H3,(H2,47,61)(H,48,59)(H3,46,50,52,53,60);;/t29-,30+,37+,44-,55?;;/m1../s1. The second-order valence-electron chi connectivity index (χ2n) is 16.3. The molecule has 3 aliphatic heterocycles. The number of hydrogen-bond donors (Lipinski definition) is 6. The average molecular weight is 1060 g/mol. The van der Waals surface area contributed by atoms with Crippen molar-refractivity contribution in [1.82, 2.24) is 35.1 Å². The van der Waals surface area contributed by atoms with Crippen LogP contribution in [-0.2, 0) is 62.9 Å². The Morgan fingerprint density at radius 3 is 2.32 bits per heavy atom. The Bertz CT molecular complexity index is 2990. The van der Waals surface area contributed by atoms with E-state index in [4.69, 9.17) is 49.4 Å². The van der Waals surface area contributed by atoms with Crippen molar-refractivity contribution in [3.8, 4) is 0 Å². The number of hydrogen-bond acceptors (Lipinski definition) is 23. The molecule has 25 nitrogen and oxygen atoms in total. The smallest absolute Gasteiger partial charge is 0.410 e. The van der Waals surface area contributed by atoms with Crippen LogP contribution in [0.25, 0.3) is 11.2 Å². The van der Waals surface area contributed by atoms with E-state index in [0.29, 0.717) is 43.5 Å². The van der Waals surface area contributed by atoms with Crippen LogP contribution in [0.3, 0.4) is 0 Å². The Balaban J connectivity index is 0.00000138. The van der Waals surface area contributed by atoms with Crippen LogP contribution in [0.15, 0.2) is 87.0 Å². The summed E-state index contributed by atoms with van der Waals surface area (Å²) in [5.74, 6) is -1.31. The van der Waals surface area contributed by atoms with Gasteiger partial charge in [0, 0.05) is 66.1 Å². The maximum absolute atomic E-state index is 13.4. The highest BCUT2D eigenvalue weighted by Gasteiger charge is 2.78. The lowest BCUT2D eigenvalue weighted by atomic mass is 9.82. The van der Waals surface area contributed by atoms with Crippen molar-refractivity contribution >= 4 is 97.6 Å². The van der Waals surface area contributed by atoms with Gasteiger partial charge >= 0.3 is 29.9 Å². The van der Waals surface area contributed by atoms with Crippen LogP contribution in [0.4, 0.5) is 21.2 Å². The first-order valence-electron chi connectivity index (χ1n) is 22.0. The summed E-state index contributed by atoms with van der Waals surface area (Å²) in [5, 5.41) is 6.04. The summed E-state index contributed by atoms with van der Waals surface area (Å²) in [4.78, 5) is 124. The van der Waals surface area contributed by atoms with Crippen LogP contribution in [0, 0.1) is 5.92 Å². The molecule has 3 amide bonds. The summed E-state index contributed by atoms with van der Waals surface area (Å²) in [7, 11) is 4.62. The van der Waals surface area contributed by atoms with Crippen molar-refractivity contribution < 1.29 is 61.0 Å². The van der Waals surface area contributed by atoms with Crippen molar-refractivity contribution in [2.24, 2.45) is 17.4 Å². The minimum absolute atomic E-state index is 0.000525. The Kier molecular flexibility index (Phi) is 18.4. The number of nitrogen functional groups attached to an aromatic ring is 1. The van der Waals surface area contributed by atoms with Gasteiger partial charge in [-0.3, -0.25) is 33.9 Å². The normalized spacial score (nSPS) is 19.0. The number of amides is 3. The number of fused-ring (bicyclic) bond motifs is 5. The number of carbonyl (C=O) groups excluding carboxylic acids is 8. The molecule has 8 rings (SSSR count). The molecule has 0 spiro atoms. The zero-order valence-corrected chi connectivity index (χ0v) is 41.4. The molecule has 0 bridgehead atoms. The van der Waals surface area contributed by atoms with Crippen molar-refractivity contribution in [2.45, 2.75) is 68.5 Å². The topological polar surface area (TPSA) is 378 Å². The zero-order valence-electron chi connectivity index (χ0n) is 38.9. The number of allylic oxidation sites excluding steroid dienone is 2. The number of anilines is 2. The predicted molar refractivity (Wildman–Crippen MR) is 260 cm³/mol. The second-order valence-corrected chi connectivity index (χ2v) is 18.9. The van der Waals surface area contributed by atoms with Crippen molar-refractivity contribution in [1.29, 1.82) is 0 Å². The van der Waals surface area contributed by atoms with Crippen LogP contribution >= 0.6 is 21.6 Å². The largest absolute Gasteiger partial charge is 0.449 e. The fraction of sp³-hybridized carbons (Fsp3) is 0.356. The fourth-order valence-corrected chi connectivity index (χ4v) is 10.8. The lowest BCUT2D eigenvalue weighted by Gasteiger charge is -2.40. The van der Waals surface area contributed by atoms with Gasteiger partial charge in [0.1, 0.15) is 25.0 Å². The molecule has 2 saturated heterocycles. The number of nitrogens with two attached hydrogens (primary N) is 3. The number of primary amides is 1. The quantitative estimate of drug-likeness (QED) is 0.0336. The van der Waals surface area contributed by atoms with Crippen molar-refractivity contribution in [3.05, 3.63) is 104 Å². The molecular weight excluding hydrogens is 1010 g/mol. The SMILES string of the molecule is CO[C@@]12[C@H](COC(N)=O)C3=C(C(=O)C(C)=C(N)C3=O)N1C[C@H]1[C@@H]2N1C(=O)OCc1ccc(SSCCCC(=O)CCCNC(=O)c2ccc(NCc3cnc4nc(N)[nH]c(=O)c4n3)cc2)cc1.O=C=O.O=S=O. The van der Waals surface area contributed by atoms with E-state index >= 15 is 0 Å². The maximum Gasteiger partial charge on any atom is 0.410 e. The molecule has 73 heavy (non-hydrogen) atoms. The first kappa shape index (κ1) is 54.6. The highest BCUT2D eigenvalue weighted by atomic mass is 33.1. The Hall–Kier alpha value is -7.78.